The zero-order valence-electron chi connectivity index (χ0n) is 15.0. The largest absolute Gasteiger partial charge is 0.444 e. The highest BCUT2D eigenvalue weighted by atomic mass is 35.5. The summed E-state index contributed by atoms with van der Waals surface area (Å²) in [7, 11) is 0. The zero-order valence-corrected chi connectivity index (χ0v) is 16.6. The van der Waals surface area contributed by atoms with E-state index in [0.717, 1.165) is 17.5 Å². The van der Waals surface area contributed by atoms with Crippen molar-refractivity contribution in [2.24, 2.45) is 5.92 Å². The van der Waals surface area contributed by atoms with Crippen LogP contribution < -0.4 is 0 Å². The molecule has 0 saturated carbocycles. The highest BCUT2D eigenvalue weighted by Gasteiger charge is 2.33. The number of ether oxygens (including phenoxy) is 1. The molecule has 0 radical (unpaired) electrons. The minimum Gasteiger partial charge on any atom is -0.444 e. The van der Waals surface area contributed by atoms with E-state index in [2.05, 4.69) is 16.5 Å². The molecular formula is C18H24ClN3O2S. The van der Waals surface area contributed by atoms with Gasteiger partial charge in [-0.2, -0.15) is 0 Å². The van der Waals surface area contributed by atoms with Crippen LogP contribution in [0.2, 0.25) is 5.02 Å². The molecule has 3 rings (SSSR count). The van der Waals surface area contributed by atoms with Crippen molar-refractivity contribution >= 4 is 40.9 Å². The number of halogens is 1. The van der Waals surface area contributed by atoms with Gasteiger partial charge in [-0.25, -0.2) is 4.79 Å². The van der Waals surface area contributed by atoms with E-state index in [4.69, 9.17) is 28.6 Å². The fourth-order valence-corrected chi connectivity index (χ4v) is 3.96. The van der Waals surface area contributed by atoms with Gasteiger partial charge >= 0.3 is 6.09 Å². The molecule has 0 aliphatic carbocycles. The van der Waals surface area contributed by atoms with E-state index in [-0.39, 0.29) is 18.1 Å². The van der Waals surface area contributed by atoms with Crippen molar-refractivity contribution < 1.29 is 9.53 Å². The average Bonchev–Trinajstić information content (AvgIpc) is 2.80. The van der Waals surface area contributed by atoms with Gasteiger partial charge in [0.05, 0.1) is 11.0 Å². The number of hydrogen-bond acceptors (Lipinski definition) is 3. The number of nitrogens with zero attached hydrogens (tertiary/aromatic N) is 2. The van der Waals surface area contributed by atoms with Gasteiger partial charge in [0.2, 0.25) is 0 Å². The van der Waals surface area contributed by atoms with Crippen molar-refractivity contribution in [3.8, 4) is 0 Å². The van der Waals surface area contributed by atoms with Gasteiger partial charge in [0.15, 0.2) is 4.77 Å². The van der Waals surface area contributed by atoms with Crippen molar-refractivity contribution in [1.29, 1.82) is 0 Å². The van der Waals surface area contributed by atoms with Gasteiger partial charge in [-0.05, 0) is 63.5 Å². The van der Waals surface area contributed by atoms with Crippen LogP contribution >= 0.6 is 23.8 Å². The van der Waals surface area contributed by atoms with Gasteiger partial charge in [-0.3, -0.25) is 0 Å². The Morgan fingerprint density at radius 1 is 1.40 bits per heavy atom. The number of fused-ring (bicyclic) bond motifs is 1. The molecule has 1 N–H and O–H groups in total. The van der Waals surface area contributed by atoms with Crippen LogP contribution in [0, 0.1) is 10.7 Å². The highest BCUT2D eigenvalue weighted by Crippen LogP contribution is 2.32. The first-order chi connectivity index (χ1) is 11.7. The van der Waals surface area contributed by atoms with Crippen molar-refractivity contribution in [2.45, 2.75) is 45.8 Å². The second-order valence-electron chi connectivity index (χ2n) is 7.72. The summed E-state index contributed by atoms with van der Waals surface area (Å²) in [6.45, 7) is 9.12. The summed E-state index contributed by atoms with van der Waals surface area (Å²) in [5.41, 5.74) is 1.52. The minimum absolute atomic E-state index is 0.237. The van der Waals surface area contributed by atoms with Crippen LogP contribution in [0.25, 0.3) is 11.0 Å². The fraction of sp³-hybridized carbons (Fsp3) is 0.556. The second kappa shape index (κ2) is 6.65. The summed E-state index contributed by atoms with van der Waals surface area (Å²) >= 11 is 11.6. The second-order valence-corrected chi connectivity index (χ2v) is 8.54. The van der Waals surface area contributed by atoms with Crippen LogP contribution in [-0.2, 0) is 4.74 Å². The Kier molecular flexibility index (Phi) is 4.86. The standard InChI is InChI=1S/C18H24ClN3O2S/c1-11-10-21(17(23)24-18(2,3)4)8-7-14(11)22-15-6-5-12(19)9-13(15)20-16(22)25/h5-6,9,11,14H,7-8,10H2,1-4H3,(H,20,25)/t11-,14-/m1/s1. The third-order valence-corrected chi connectivity index (χ3v) is 5.06. The van der Waals surface area contributed by atoms with E-state index < -0.39 is 5.60 Å². The van der Waals surface area contributed by atoms with Crippen LogP contribution in [0.15, 0.2) is 18.2 Å². The lowest BCUT2D eigenvalue weighted by Crippen LogP contribution is -2.45. The molecule has 1 aliphatic rings. The van der Waals surface area contributed by atoms with Crippen molar-refractivity contribution in [1.82, 2.24) is 14.5 Å². The lowest BCUT2D eigenvalue weighted by molar-refractivity contribution is 0.0126. The SMILES string of the molecule is C[C@@H]1CN(C(=O)OC(C)(C)C)CC[C@H]1n1c(=S)[nH]c2cc(Cl)ccc21. The van der Waals surface area contributed by atoms with Crippen LogP contribution in [0.4, 0.5) is 4.79 Å². The highest BCUT2D eigenvalue weighted by molar-refractivity contribution is 7.71. The van der Waals surface area contributed by atoms with E-state index in [1.807, 2.05) is 39.0 Å². The summed E-state index contributed by atoms with van der Waals surface area (Å²) in [4.78, 5) is 17.4. The number of piperidine rings is 1. The number of rotatable bonds is 1. The summed E-state index contributed by atoms with van der Waals surface area (Å²) < 4.78 is 8.36. The number of nitrogens with one attached hydrogen (secondary N) is 1. The molecule has 1 amide bonds. The number of aromatic nitrogens is 2. The van der Waals surface area contributed by atoms with E-state index in [0.29, 0.717) is 22.9 Å². The fourth-order valence-electron chi connectivity index (χ4n) is 3.44. The number of amides is 1. The predicted molar refractivity (Wildman–Crippen MR) is 103 cm³/mol. The Morgan fingerprint density at radius 3 is 2.76 bits per heavy atom. The number of carbonyl (C=O) groups is 1. The number of likely N-dealkylation sites (tertiary alicyclic amines) is 1. The molecule has 1 saturated heterocycles. The topological polar surface area (TPSA) is 50.3 Å². The van der Waals surface area contributed by atoms with Gasteiger partial charge in [0.25, 0.3) is 0 Å². The maximum Gasteiger partial charge on any atom is 0.410 e. The van der Waals surface area contributed by atoms with Crippen LogP contribution in [-0.4, -0.2) is 39.2 Å². The monoisotopic (exact) mass is 381 g/mol. The Morgan fingerprint density at radius 2 is 2.12 bits per heavy atom. The van der Waals surface area contributed by atoms with Crippen LogP contribution in [0.1, 0.15) is 40.2 Å². The molecular weight excluding hydrogens is 358 g/mol. The van der Waals surface area contributed by atoms with Gasteiger partial charge in [0.1, 0.15) is 5.60 Å². The first kappa shape index (κ1) is 18.3. The van der Waals surface area contributed by atoms with E-state index in [9.17, 15) is 4.79 Å². The van der Waals surface area contributed by atoms with E-state index in [1.165, 1.54) is 0 Å². The predicted octanol–water partition coefficient (Wildman–Crippen LogP) is 5.17. The summed E-state index contributed by atoms with van der Waals surface area (Å²) in [5.74, 6) is 0.266. The molecule has 2 aromatic rings. The van der Waals surface area contributed by atoms with Gasteiger partial charge < -0.3 is 19.2 Å². The van der Waals surface area contributed by atoms with Crippen LogP contribution in [0.3, 0.4) is 0 Å². The van der Waals surface area contributed by atoms with Crippen molar-refractivity contribution in [3.05, 3.63) is 28.0 Å². The lowest BCUT2D eigenvalue weighted by Gasteiger charge is -2.38. The smallest absolute Gasteiger partial charge is 0.410 e. The molecule has 2 atom stereocenters. The molecule has 7 heteroatoms. The maximum absolute atomic E-state index is 12.3. The molecule has 5 nitrogen and oxygen atoms in total. The van der Waals surface area contributed by atoms with Gasteiger partial charge in [-0.15, -0.1) is 0 Å². The normalized spacial score (nSPS) is 21.6. The van der Waals surface area contributed by atoms with Gasteiger partial charge in [-0.1, -0.05) is 18.5 Å². The van der Waals surface area contributed by atoms with Crippen molar-refractivity contribution in [3.63, 3.8) is 0 Å². The Hall–Kier alpha value is -1.53. The molecule has 1 aromatic heterocycles. The zero-order chi connectivity index (χ0) is 18.4. The Labute approximate surface area is 157 Å². The molecule has 1 fully saturated rings. The van der Waals surface area contributed by atoms with Crippen molar-refractivity contribution in [2.75, 3.05) is 13.1 Å². The third-order valence-electron chi connectivity index (χ3n) is 4.52. The molecule has 2 heterocycles. The summed E-state index contributed by atoms with van der Waals surface area (Å²) in [6.07, 6.45) is 0.594. The minimum atomic E-state index is -0.476. The molecule has 1 aliphatic heterocycles. The number of carbonyl (C=O) groups excluding carboxylic acids is 1. The Bertz CT molecular complexity index is 852. The van der Waals surface area contributed by atoms with Crippen LogP contribution in [0.5, 0.6) is 0 Å². The summed E-state index contributed by atoms with van der Waals surface area (Å²) in [5, 5.41) is 0.684. The number of imidazole rings is 1. The quantitative estimate of drug-likeness (QED) is 0.693. The lowest BCUT2D eigenvalue weighted by atomic mass is 9.93. The number of aromatic amines is 1. The molecule has 0 spiro atoms. The summed E-state index contributed by atoms with van der Waals surface area (Å²) in [6, 6.07) is 6.01. The first-order valence-corrected chi connectivity index (χ1v) is 9.32. The van der Waals surface area contributed by atoms with Gasteiger partial charge in [0, 0.05) is 24.2 Å². The third kappa shape index (κ3) is 3.85. The molecule has 25 heavy (non-hydrogen) atoms. The molecule has 0 unspecified atom stereocenters. The number of hydrogen-bond donors (Lipinski definition) is 1. The number of H-pyrrole nitrogens is 1. The number of benzene rings is 1. The first-order valence-electron chi connectivity index (χ1n) is 8.53. The Balaban J connectivity index is 1.82. The molecule has 0 bridgehead atoms. The average molecular weight is 382 g/mol. The van der Waals surface area contributed by atoms with E-state index >= 15 is 0 Å². The molecule has 136 valence electrons. The molecule has 1 aromatic carbocycles. The maximum atomic E-state index is 12.3. The van der Waals surface area contributed by atoms with E-state index in [1.54, 1.807) is 4.90 Å².